The minimum atomic E-state index is -0.531. The Morgan fingerprint density at radius 1 is 0.711 bits per heavy atom. The first-order valence-corrected chi connectivity index (χ1v) is 11.6. The Morgan fingerprint density at radius 2 is 1.16 bits per heavy atom. The molecule has 0 saturated carbocycles. The second kappa shape index (κ2) is 12.1. The lowest BCUT2D eigenvalue weighted by molar-refractivity contribution is -0.129. The van der Waals surface area contributed by atoms with Gasteiger partial charge in [-0.05, 0) is 59.7 Å². The minimum absolute atomic E-state index is 0.150. The second-order valence-corrected chi connectivity index (χ2v) is 8.06. The summed E-state index contributed by atoms with van der Waals surface area (Å²) in [6.07, 6.45) is 3.02. The number of benzene rings is 3. The average molecular weight is 509 g/mol. The van der Waals surface area contributed by atoms with Crippen LogP contribution in [-0.4, -0.2) is 32.0 Å². The molecule has 0 fully saturated rings. The van der Waals surface area contributed by atoms with Gasteiger partial charge in [0.1, 0.15) is 28.9 Å². The summed E-state index contributed by atoms with van der Waals surface area (Å²) in [6.45, 7) is 6.78. The maximum Gasteiger partial charge on any atom is 0.335 e. The van der Waals surface area contributed by atoms with E-state index in [2.05, 4.69) is 33.4 Å². The third-order valence-electron chi connectivity index (χ3n) is 5.19. The average Bonchev–Trinajstić information content (AvgIpc) is 2.92. The number of carbonyl (C=O) groups is 2. The monoisotopic (exact) mass is 508 g/mol. The van der Waals surface area contributed by atoms with E-state index in [-0.39, 0.29) is 5.75 Å². The number of aromatic hydroxyl groups is 1. The van der Waals surface area contributed by atoms with Crippen molar-refractivity contribution in [3.63, 3.8) is 0 Å². The van der Waals surface area contributed by atoms with Gasteiger partial charge in [0.25, 0.3) is 0 Å². The van der Waals surface area contributed by atoms with Crippen molar-refractivity contribution in [1.29, 1.82) is 0 Å². The first kappa shape index (κ1) is 25.8. The van der Waals surface area contributed by atoms with E-state index in [1.807, 2.05) is 24.3 Å². The summed E-state index contributed by atoms with van der Waals surface area (Å²) >= 11 is 0. The summed E-state index contributed by atoms with van der Waals surface area (Å²) < 4.78 is 10.3. The van der Waals surface area contributed by atoms with Crippen LogP contribution in [0.25, 0.3) is 0 Å². The maximum atomic E-state index is 11.4. The number of hydrogen-bond donors (Lipinski definition) is 2. The minimum Gasteiger partial charge on any atom is -0.508 e. The number of nitrogens with zero attached hydrogens (tertiary/aromatic N) is 3. The largest absolute Gasteiger partial charge is 0.508 e. The van der Waals surface area contributed by atoms with Gasteiger partial charge in [-0.3, -0.25) is 0 Å². The highest BCUT2D eigenvalue weighted by molar-refractivity contribution is 5.83. The van der Waals surface area contributed by atoms with E-state index in [1.165, 1.54) is 0 Å². The van der Waals surface area contributed by atoms with Crippen molar-refractivity contribution >= 4 is 23.6 Å². The molecule has 0 radical (unpaired) electrons. The Hall–Kier alpha value is -5.31. The van der Waals surface area contributed by atoms with E-state index in [0.717, 1.165) is 23.3 Å². The predicted octanol–water partition coefficient (Wildman–Crippen LogP) is 4.69. The standard InChI is InChI=1S/C29H24N4O5/c1-3-27(35)37-23-13-5-19(6-14-23)17-25-31-26(18-20-7-15-24(16-8-20)38-28(36)4-2)33-29(32-25)30-21-9-11-22(34)12-10-21/h3-16,34H,1-2,17-18H2,(H,30,31,32,33). The highest BCUT2D eigenvalue weighted by Gasteiger charge is 2.11. The van der Waals surface area contributed by atoms with Crippen molar-refractivity contribution in [3.8, 4) is 17.2 Å². The first-order chi connectivity index (χ1) is 18.4. The number of ether oxygens (including phenoxy) is 2. The van der Waals surface area contributed by atoms with Gasteiger partial charge in [0.15, 0.2) is 0 Å². The molecule has 1 aromatic heterocycles. The molecule has 0 aliphatic heterocycles. The third kappa shape index (κ3) is 7.34. The van der Waals surface area contributed by atoms with Crippen molar-refractivity contribution < 1.29 is 24.2 Å². The van der Waals surface area contributed by atoms with Crippen LogP contribution in [0.2, 0.25) is 0 Å². The molecule has 0 bridgehead atoms. The van der Waals surface area contributed by atoms with Crippen LogP contribution in [0.1, 0.15) is 22.8 Å². The van der Waals surface area contributed by atoms with Gasteiger partial charge in [0, 0.05) is 30.7 Å². The molecule has 0 spiro atoms. The number of phenols is 1. The highest BCUT2D eigenvalue weighted by Crippen LogP contribution is 2.20. The summed E-state index contributed by atoms with van der Waals surface area (Å²) in [7, 11) is 0. The molecule has 2 N–H and O–H groups in total. The van der Waals surface area contributed by atoms with E-state index < -0.39 is 11.9 Å². The zero-order valence-electron chi connectivity index (χ0n) is 20.3. The van der Waals surface area contributed by atoms with Crippen LogP contribution in [-0.2, 0) is 22.4 Å². The molecule has 0 amide bonds. The van der Waals surface area contributed by atoms with Crippen molar-refractivity contribution in [2.75, 3.05) is 5.32 Å². The van der Waals surface area contributed by atoms with E-state index >= 15 is 0 Å². The fourth-order valence-corrected chi connectivity index (χ4v) is 3.39. The number of hydrogen-bond acceptors (Lipinski definition) is 9. The van der Waals surface area contributed by atoms with Crippen molar-refractivity contribution in [1.82, 2.24) is 15.0 Å². The normalized spacial score (nSPS) is 10.3. The Kier molecular flexibility index (Phi) is 8.20. The van der Waals surface area contributed by atoms with Crippen LogP contribution in [0.4, 0.5) is 11.6 Å². The SMILES string of the molecule is C=CC(=O)Oc1ccc(Cc2nc(Cc3ccc(OC(=O)C=C)cc3)nc(Nc3ccc(O)cc3)n2)cc1. The molecule has 4 rings (SSSR count). The van der Waals surface area contributed by atoms with Crippen LogP contribution in [0.15, 0.2) is 98.1 Å². The van der Waals surface area contributed by atoms with Gasteiger partial charge in [-0.25, -0.2) is 14.6 Å². The van der Waals surface area contributed by atoms with Crippen LogP contribution in [0, 0.1) is 0 Å². The number of carbonyl (C=O) groups excluding carboxylic acids is 2. The molecule has 9 heteroatoms. The fourth-order valence-electron chi connectivity index (χ4n) is 3.39. The van der Waals surface area contributed by atoms with E-state index in [0.29, 0.717) is 47.6 Å². The third-order valence-corrected chi connectivity index (χ3v) is 5.19. The summed E-state index contributed by atoms with van der Waals surface area (Å²) in [6, 6.07) is 20.6. The number of aromatic nitrogens is 3. The van der Waals surface area contributed by atoms with Gasteiger partial charge in [0.2, 0.25) is 5.95 Å². The molecule has 0 aliphatic carbocycles. The summed E-state index contributed by atoms with van der Waals surface area (Å²) in [5.41, 5.74) is 2.52. The lowest BCUT2D eigenvalue weighted by Gasteiger charge is -2.10. The molecule has 1 heterocycles. The Bertz CT molecular complexity index is 1360. The smallest absolute Gasteiger partial charge is 0.335 e. The fraction of sp³-hybridized carbons (Fsp3) is 0.0690. The second-order valence-electron chi connectivity index (χ2n) is 8.06. The van der Waals surface area contributed by atoms with E-state index in [9.17, 15) is 14.7 Å². The molecule has 4 aromatic rings. The zero-order valence-corrected chi connectivity index (χ0v) is 20.3. The highest BCUT2D eigenvalue weighted by atomic mass is 16.5. The Morgan fingerprint density at radius 3 is 1.58 bits per heavy atom. The lowest BCUT2D eigenvalue weighted by atomic mass is 10.1. The summed E-state index contributed by atoms with van der Waals surface area (Å²) in [4.78, 5) is 36.6. The van der Waals surface area contributed by atoms with Crippen molar-refractivity contribution in [3.05, 3.63) is 121 Å². The van der Waals surface area contributed by atoms with Gasteiger partial charge >= 0.3 is 11.9 Å². The van der Waals surface area contributed by atoms with Crippen LogP contribution < -0.4 is 14.8 Å². The Balaban J connectivity index is 1.57. The first-order valence-electron chi connectivity index (χ1n) is 11.6. The molecule has 190 valence electrons. The maximum absolute atomic E-state index is 11.4. The molecule has 3 aromatic carbocycles. The van der Waals surface area contributed by atoms with Gasteiger partial charge < -0.3 is 19.9 Å². The van der Waals surface area contributed by atoms with E-state index in [4.69, 9.17) is 9.47 Å². The van der Waals surface area contributed by atoms with Crippen LogP contribution in [0.5, 0.6) is 17.2 Å². The molecule has 0 unspecified atom stereocenters. The Labute approximate surface area is 219 Å². The quantitative estimate of drug-likeness (QED) is 0.136. The molecule has 0 aliphatic rings. The molecule has 0 atom stereocenters. The zero-order chi connectivity index (χ0) is 26.9. The topological polar surface area (TPSA) is 124 Å². The van der Waals surface area contributed by atoms with Crippen LogP contribution in [0.3, 0.4) is 0 Å². The van der Waals surface area contributed by atoms with Gasteiger partial charge in [-0.2, -0.15) is 9.97 Å². The van der Waals surface area contributed by atoms with E-state index in [1.54, 1.807) is 48.5 Å². The number of rotatable bonds is 10. The number of esters is 2. The van der Waals surface area contributed by atoms with Gasteiger partial charge in [-0.15, -0.1) is 0 Å². The number of nitrogens with one attached hydrogen (secondary N) is 1. The lowest BCUT2D eigenvalue weighted by Crippen LogP contribution is -2.09. The molecule has 0 saturated heterocycles. The summed E-state index contributed by atoms with van der Waals surface area (Å²) in [5, 5.41) is 12.7. The van der Waals surface area contributed by atoms with Gasteiger partial charge in [0.05, 0.1) is 0 Å². The molecular weight excluding hydrogens is 484 g/mol. The molecule has 38 heavy (non-hydrogen) atoms. The molecule has 9 nitrogen and oxygen atoms in total. The predicted molar refractivity (Wildman–Crippen MR) is 141 cm³/mol. The van der Waals surface area contributed by atoms with Crippen LogP contribution >= 0.6 is 0 Å². The number of phenolic OH excluding ortho intramolecular Hbond substituents is 1. The molecular formula is C29H24N4O5. The van der Waals surface area contributed by atoms with Gasteiger partial charge in [-0.1, -0.05) is 37.4 Å². The summed E-state index contributed by atoms with van der Waals surface area (Å²) in [5.74, 6) is 1.32. The number of anilines is 2. The van der Waals surface area contributed by atoms with Crippen molar-refractivity contribution in [2.45, 2.75) is 12.8 Å². The van der Waals surface area contributed by atoms with Crippen molar-refractivity contribution in [2.24, 2.45) is 0 Å².